The molecule has 0 fully saturated rings. The Kier molecular flexibility index (Phi) is 6.20. The Hall–Kier alpha value is -5.86. The van der Waals surface area contributed by atoms with Crippen molar-refractivity contribution in [2.24, 2.45) is 0 Å². The van der Waals surface area contributed by atoms with Crippen LogP contribution in [0.3, 0.4) is 0 Å². The predicted molar refractivity (Wildman–Crippen MR) is 196 cm³/mol. The third kappa shape index (κ3) is 4.48. The van der Waals surface area contributed by atoms with Crippen LogP contribution in [0.1, 0.15) is 25.0 Å². The van der Waals surface area contributed by atoms with Crippen LogP contribution in [0.2, 0.25) is 0 Å². The second kappa shape index (κ2) is 10.6. The van der Waals surface area contributed by atoms with E-state index >= 15 is 0 Å². The molecule has 7 aromatic carbocycles. The Labute approximate surface area is 275 Å². The van der Waals surface area contributed by atoms with Crippen molar-refractivity contribution in [3.05, 3.63) is 169 Å². The molecule has 2 nitrogen and oxygen atoms in total. The highest BCUT2D eigenvalue weighted by Gasteiger charge is 2.37. The molecule has 9 rings (SSSR count). The fourth-order valence-electron chi connectivity index (χ4n) is 7.43. The molecule has 47 heavy (non-hydrogen) atoms. The first kappa shape index (κ1) is 27.5. The number of hydrogen-bond acceptors (Lipinski definition) is 2. The highest BCUT2D eigenvalue weighted by Crippen LogP contribution is 2.54. The number of aromatic nitrogens is 2. The molecule has 0 spiro atoms. The van der Waals surface area contributed by atoms with Gasteiger partial charge in [-0.3, -0.25) is 0 Å². The molecule has 1 aliphatic rings. The maximum absolute atomic E-state index is 5.15. The van der Waals surface area contributed by atoms with Gasteiger partial charge in [0.05, 0.1) is 11.4 Å². The Morgan fingerprint density at radius 1 is 0.404 bits per heavy atom. The summed E-state index contributed by atoms with van der Waals surface area (Å²) in [5.74, 6) is 0.718. The highest BCUT2D eigenvalue weighted by atomic mass is 14.9. The van der Waals surface area contributed by atoms with Gasteiger partial charge in [0.1, 0.15) is 0 Å². The molecule has 0 unspecified atom stereocenters. The number of fused-ring (bicyclic) bond motifs is 5. The van der Waals surface area contributed by atoms with Gasteiger partial charge >= 0.3 is 0 Å². The van der Waals surface area contributed by atoms with Crippen molar-refractivity contribution >= 4 is 21.5 Å². The van der Waals surface area contributed by atoms with E-state index in [9.17, 15) is 0 Å². The number of hydrogen-bond donors (Lipinski definition) is 0. The summed E-state index contributed by atoms with van der Waals surface area (Å²) >= 11 is 0. The Balaban J connectivity index is 1.21. The number of benzene rings is 7. The first-order chi connectivity index (χ1) is 23.0. The maximum Gasteiger partial charge on any atom is 0.160 e. The van der Waals surface area contributed by atoms with E-state index < -0.39 is 0 Å². The fourth-order valence-corrected chi connectivity index (χ4v) is 7.43. The average Bonchev–Trinajstić information content (AvgIpc) is 3.36. The summed E-state index contributed by atoms with van der Waals surface area (Å²) in [6.07, 6.45) is 0. The summed E-state index contributed by atoms with van der Waals surface area (Å²) in [5.41, 5.74) is 12.8. The van der Waals surface area contributed by atoms with Crippen LogP contribution in [0.4, 0.5) is 0 Å². The van der Waals surface area contributed by atoms with E-state index in [0.29, 0.717) is 0 Å². The summed E-state index contributed by atoms with van der Waals surface area (Å²) in [5, 5.41) is 4.95. The molecule has 8 aromatic rings. The van der Waals surface area contributed by atoms with Gasteiger partial charge in [-0.2, -0.15) is 0 Å². The van der Waals surface area contributed by atoms with E-state index in [0.717, 1.165) is 33.9 Å². The molecule has 1 heterocycles. The van der Waals surface area contributed by atoms with E-state index in [4.69, 9.17) is 9.97 Å². The lowest BCUT2D eigenvalue weighted by molar-refractivity contribution is 0.661. The zero-order chi connectivity index (χ0) is 31.5. The van der Waals surface area contributed by atoms with Crippen LogP contribution in [-0.2, 0) is 5.41 Å². The summed E-state index contributed by atoms with van der Waals surface area (Å²) in [6.45, 7) is 4.70. The van der Waals surface area contributed by atoms with Crippen molar-refractivity contribution in [1.82, 2.24) is 9.97 Å². The van der Waals surface area contributed by atoms with Crippen LogP contribution in [0.5, 0.6) is 0 Å². The zero-order valence-corrected chi connectivity index (χ0v) is 26.4. The Morgan fingerprint density at radius 2 is 1.02 bits per heavy atom. The topological polar surface area (TPSA) is 25.8 Å². The SMILES string of the molecule is CC1(C)c2ccccc2-c2c1cc1ccccc1c2-c1ccc(-c2nc(-c3ccccc3)cc(-c3ccc4ccccc4c3)n2)cc1. The minimum Gasteiger partial charge on any atom is -0.228 e. The van der Waals surface area contributed by atoms with Gasteiger partial charge in [0.25, 0.3) is 0 Å². The molecule has 0 saturated heterocycles. The summed E-state index contributed by atoms with van der Waals surface area (Å²) < 4.78 is 0. The molecular formula is C45H32N2. The number of rotatable bonds is 4. The van der Waals surface area contributed by atoms with E-state index in [1.165, 1.54) is 54.9 Å². The summed E-state index contributed by atoms with van der Waals surface area (Å²) in [6, 6.07) is 56.5. The van der Waals surface area contributed by atoms with Crippen molar-refractivity contribution in [2.75, 3.05) is 0 Å². The average molecular weight is 601 g/mol. The summed E-state index contributed by atoms with van der Waals surface area (Å²) in [7, 11) is 0. The van der Waals surface area contributed by atoms with Gasteiger partial charge in [-0.15, -0.1) is 0 Å². The first-order valence-electron chi connectivity index (χ1n) is 16.3. The molecule has 2 heteroatoms. The monoisotopic (exact) mass is 600 g/mol. The van der Waals surface area contributed by atoms with Crippen molar-refractivity contribution in [3.8, 4) is 56.2 Å². The minimum absolute atomic E-state index is 0.0739. The van der Waals surface area contributed by atoms with Crippen LogP contribution in [-0.4, -0.2) is 9.97 Å². The predicted octanol–water partition coefficient (Wildman–Crippen LogP) is 11.8. The zero-order valence-electron chi connectivity index (χ0n) is 26.4. The third-order valence-electron chi connectivity index (χ3n) is 9.87. The van der Waals surface area contributed by atoms with Gasteiger partial charge in [0, 0.05) is 22.1 Å². The maximum atomic E-state index is 5.15. The Morgan fingerprint density at radius 3 is 1.83 bits per heavy atom. The van der Waals surface area contributed by atoms with Gasteiger partial charge < -0.3 is 0 Å². The van der Waals surface area contributed by atoms with Crippen LogP contribution in [0.15, 0.2) is 158 Å². The molecule has 0 N–H and O–H groups in total. The van der Waals surface area contributed by atoms with Gasteiger partial charge in [0.2, 0.25) is 0 Å². The lowest BCUT2D eigenvalue weighted by atomic mass is 9.80. The van der Waals surface area contributed by atoms with Crippen molar-refractivity contribution in [1.29, 1.82) is 0 Å². The van der Waals surface area contributed by atoms with Crippen molar-refractivity contribution in [3.63, 3.8) is 0 Å². The molecular weight excluding hydrogens is 569 g/mol. The van der Waals surface area contributed by atoms with Crippen LogP contribution >= 0.6 is 0 Å². The molecule has 1 aliphatic carbocycles. The van der Waals surface area contributed by atoms with E-state index in [-0.39, 0.29) is 5.41 Å². The van der Waals surface area contributed by atoms with E-state index in [1.807, 2.05) is 6.07 Å². The highest BCUT2D eigenvalue weighted by molar-refractivity contribution is 6.08. The fraction of sp³-hybridized carbons (Fsp3) is 0.0667. The standard InChI is InChI=1S/C45H32N2/c1-45(2)38-19-11-10-18-37(38)43-39(45)27-34-16-8-9-17-36(34)42(43)31-21-23-32(24-22-31)44-46-40(30-13-4-3-5-14-30)28-41(47-44)35-25-20-29-12-6-7-15-33(29)26-35/h3-28H,1-2H3. The van der Waals surface area contributed by atoms with Crippen molar-refractivity contribution < 1.29 is 0 Å². The van der Waals surface area contributed by atoms with Gasteiger partial charge in [0.15, 0.2) is 5.82 Å². The molecule has 0 amide bonds. The quantitative estimate of drug-likeness (QED) is 0.201. The molecule has 1 aromatic heterocycles. The lowest BCUT2D eigenvalue weighted by Gasteiger charge is -2.23. The first-order valence-corrected chi connectivity index (χ1v) is 16.3. The second-order valence-corrected chi connectivity index (χ2v) is 13.0. The molecule has 0 bridgehead atoms. The van der Waals surface area contributed by atoms with E-state index in [2.05, 4.69) is 166 Å². The normalized spacial score (nSPS) is 13.1. The van der Waals surface area contributed by atoms with Crippen LogP contribution in [0, 0.1) is 0 Å². The van der Waals surface area contributed by atoms with Crippen LogP contribution in [0.25, 0.3) is 77.7 Å². The smallest absolute Gasteiger partial charge is 0.160 e. The summed E-state index contributed by atoms with van der Waals surface area (Å²) in [4.78, 5) is 10.3. The van der Waals surface area contributed by atoms with E-state index in [1.54, 1.807) is 0 Å². The second-order valence-electron chi connectivity index (χ2n) is 13.0. The largest absolute Gasteiger partial charge is 0.228 e. The molecule has 0 saturated carbocycles. The minimum atomic E-state index is -0.0739. The lowest BCUT2D eigenvalue weighted by Crippen LogP contribution is -2.14. The third-order valence-corrected chi connectivity index (χ3v) is 9.87. The van der Waals surface area contributed by atoms with Crippen molar-refractivity contribution in [2.45, 2.75) is 19.3 Å². The molecule has 0 atom stereocenters. The van der Waals surface area contributed by atoms with Crippen LogP contribution < -0.4 is 0 Å². The Bertz CT molecular complexity index is 2470. The number of nitrogens with zero attached hydrogens (tertiary/aromatic N) is 2. The molecule has 222 valence electrons. The van der Waals surface area contributed by atoms with Gasteiger partial charge in [-0.25, -0.2) is 9.97 Å². The van der Waals surface area contributed by atoms with Gasteiger partial charge in [-0.1, -0.05) is 153 Å². The molecule has 0 radical (unpaired) electrons. The van der Waals surface area contributed by atoms with Gasteiger partial charge in [-0.05, 0) is 73.1 Å². The molecule has 0 aliphatic heterocycles.